The molecule has 2 heterocycles. The van der Waals surface area contributed by atoms with Gasteiger partial charge in [0.15, 0.2) is 0 Å². The van der Waals surface area contributed by atoms with Gasteiger partial charge in [-0.1, -0.05) is 30.3 Å². The Morgan fingerprint density at radius 3 is 2.43 bits per heavy atom. The van der Waals surface area contributed by atoms with Crippen LogP contribution in [-0.4, -0.2) is 16.3 Å². The molecule has 4 aromatic rings. The average molecular weight is 386 g/mol. The van der Waals surface area contributed by atoms with E-state index in [1.165, 1.54) is 18.2 Å². The van der Waals surface area contributed by atoms with E-state index < -0.39 is 6.36 Å². The standard InChI is InChI=1S/C20H13F3N2O3/c21-20(22,23)28-16-9-3-1-6-13(16)12-26-17-10-4-2-7-14(17)18-25-15-8-5-11-24-19(15)27-18/h1-11H,12H2. The summed E-state index contributed by atoms with van der Waals surface area (Å²) in [5.41, 5.74) is 1.80. The summed E-state index contributed by atoms with van der Waals surface area (Å²) < 4.78 is 53.2. The van der Waals surface area contributed by atoms with E-state index in [9.17, 15) is 13.2 Å². The Morgan fingerprint density at radius 2 is 1.64 bits per heavy atom. The van der Waals surface area contributed by atoms with Crippen molar-refractivity contribution < 1.29 is 27.1 Å². The smallest absolute Gasteiger partial charge is 0.488 e. The number of aromatic nitrogens is 2. The van der Waals surface area contributed by atoms with Gasteiger partial charge in [0.2, 0.25) is 11.6 Å². The minimum absolute atomic E-state index is 0.123. The summed E-state index contributed by atoms with van der Waals surface area (Å²) in [6, 6.07) is 16.3. The van der Waals surface area contributed by atoms with Gasteiger partial charge in [0, 0.05) is 11.8 Å². The highest BCUT2D eigenvalue weighted by Gasteiger charge is 2.32. The summed E-state index contributed by atoms with van der Waals surface area (Å²) >= 11 is 0. The molecular formula is C20H13F3N2O3. The molecule has 4 rings (SSSR count). The van der Waals surface area contributed by atoms with Gasteiger partial charge in [-0.05, 0) is 30.3 Å². The summed E-state index contributed by atoms with van der Waals surface area (Å²) in [4.78, 5) is 8.49. The lowest BCUT2D eigenvalue weighted by molar-refractivity contribution is -0.275. The molecule has 28 heavy (non-hydrogen) atoms. The second-order valence-electron chi connectivity index (χ2n) is 5.79. The molecule has 5 nitrogen and oxygen atoms in total. The fourth-order valence-corrected chi connectivity index (χ4v) is 2.66. The lowest BCUT2D eigenvalue weighted by Gasteiger charge is -2.14. The first-order chi connectivity index (χ1) is 13.5. The Hall–Kier alpha value is -3.55. The third kappa shape index (κ3) is 3.90. The fraction of sp³-hybridized carbons (Fsp3) is 0.100. The Kier molecular flexibility index (Phi) is 4.60. The maximum absolute atomic E-state index is 12.6. The van der Waals surface area contributed by atoms with Gasteiger partial charge >= 0.3 is 6.36 Å². The molecule has 2 aromatic heterocycles. The zero-order valence-corrected chi connectivity index (χ0v) is 14.3. The third-order valence-electron chi connectivity index (χ3n) is 3.87. The number of ether oxygens (including phenoxy) is 2. The molecule has 142 valence electrons. The first-order valence-corrected chi connectivity index (χ1v) is 8.27. The molecule has 0 aliphatic rings. The Morgan fingerprint density at radius 1 is 0.893 bits per heavy atom. The summed E-state index contributed by atoms with van der Waals surface area (Å²) in [5.74, 6) is 0.415. The van der Waals surface area contributed by atoms with Gasteiger partial charge in [-0.2, -0.15) is 0 Å². The summed E-state index contributed by atoms with van der Waals surface area (Å²) in [6.45, 7) is -0.123. The number of hydrogen-bond donors (Lipinski definition) is 0. The highest BCUT2D eigenvalue weighted by molar-refractivity contribution is 5.74. The van der Waals surface area contributed by atoms with Crippen LogP contribution in [0.2, 0.25) is 0 Å². The van der Waals surface area contributed by atoms with Crippen LogP contribution in [0.5, 0.6) is 11.5 Å². The largest absolute Gasteiger partial charge is 0.573 e. The highest BCUT2D eigenvalue weighted by atomic mass is 19.4. The van der Waals surface area contributed by atoms with Gasteiger partial charge in [-0.15, -0.1) is 13.2 Å². The topological polar surface area (TPSA) is 57.4 Å². The third-order valence-corrected chi connectivity index (χ3v) is 3.87. The normalized spacial score (nSPS) is 11.5. The number of halogens is 3. The molecule has 0 aliphatic carbocycles. The van der Waals surface area contributed by atoms with Crippen LogP contribution in [0, 0.1) is 0 Å². The quantitative estimate of drug-likeness (QED) is 0.462. The predicted molar refractivity (Wildman–Crippen MR) is 94.7 cm³/mol. The van der Waals surface area contributed by atoms with Gasteiger partial charge in [0.1, 0.15) is 23.6 Å². The number of rotatable bonds is 5. The van der Waals surface area contributed by atoms with Crippen LogP contribution in [0.25, 0.3) is 22.7 Å². The summed E-state index contributed by atoms with van der Waals surface area (Å²) in [7, 11) is 0. The van der Waals surface area contributed by atoms with Gasteiger partial charge in [-0.25, -0.2) is 9.97 Å². The van der Waals surface area contributed by atoms with Gasteiger partial charge in [0.25, 0.3) is 0 Å². The van der Waals surface area contributed by atoms with E-state index >= 15 is 0 Å². The minimum atomic E-state index is -4.78. The average Bonchev–Trinajstić information content (AvgIpc) is 3.10. The summed E-state index contributed by atoms with van der Waals surface area (Å²) in [5, 5.41) is 0. The molecular weight excluding hydrogens is 373 g/mol. The number of nitrogens with zero attached hydrogens (tertiary/aromatic N) is 2. The molecule has 0 saturated heterocycles. The molecule has 8 heteroatoms. The molecule has 0 amide bonds. The number of hydrogen-bond acceptors (Lipinski definition) is 5. The van der Waals surface area contributed by atoms with E-state index in [2.05, 4.69) is 14.7 Å². The molecule has 0 saturated carbocycles. The van der Waals surface area contributed by atoms with Crippen LogP contribution in [-0.2, 0) is 6.61 Å². The number of benzene rings is 2. The van der Waals surface area contributed by atoms with E-state index in [0.717, 1.165) is 0 Å². The monoisotopic (exact) mass is 386 g/mol. The fourth-order valence-electron chi connectivity index (χ4n) is 2.66. The van der Waals surface area contributed by atoms with E-state index in [1.807, 2.05) is 0 Å². The molecule has 0 fully saturated rings. The zero-order chi connectivity index (χ0) is 19.6. The van der Waals surface area contributed by atoms with Gasteiger partial charge < -0.3 is 13.9 Å². The number of alkyl halides is 3. The Balaban J connectivity index is 1.61. The maximum atomic E-state index is 12.6. The van der Waals surface area contributed by atoms with Crippen LogP contribution in [0.15, 0.2) is 71.3 Å². The number of oxazole rings is 1. The SMILES string of the molecule is FC(F)(F)Oc1ccccc1COc1ccccc1-c1nc2cccnc2o1. The Bertz CT molecular complexity index is 1080. The van der Waals surface area contributed by atoms with Gasteiger partial charge in [-0.3, -0.25) is 0 Å². The first-order valence-electron chi connectivity index (χ1n) is 8.27. The highest BCUT2D eigenvalue weighted by Crippen LogP contribution is 2.33. The predicted octanol–water partition coefficient (Wildman–Crippen LogP) is 5.37. The first kappa shape index (κ1) is 17.8. The molecule has 0 unspecified atom stereocenters. The molecule has 0 atom stereocenters. The molecule has 0 spiro atoms. The molecule has 0 bridgehead atoms. The second-order valence-corrected chi connectivity index (χ2v) is 5.79. The van der Waals surface area contributed by atoms with Gasteiger partial charge in [0.05, 0.1) is 5.56 Å². The van der Waals surface area contributed by atoms with Crippen molar-refractivity contribution in [3.05, 3.63) is 72.4 Å². The molecule has 0 aliphatic heterocycles. The van der Waals surface area contributed by atoms with Crippen LogP contribution in [0.1, 0.15) is 5.56 Å². The molecule has 2 aromatic carbocycles. The van der Waals surface area contributed by atoms with E-state index in [4.69, 9.17) is 9.15 Å². The lowest BCUT2D eigenvalue weighted by atomic mass is 10.2. The van der Waals surface area contributed by atoms with Crippen molar-refractivity contribution in [1.82, 2.24) is 9.97 Å². The number of para-hydroxylation sites is 2. The summed E-state index contributed by atoms with van der Waals surface area (Å²) in [6.07, 6.45) is -3.18. The molecule has 0 N–H and O–H groups in total. The van der Waals surface area contributed by atoms with E-state index in [1.54, 1.807) is 48.7 Å². The van der Waals surface area contributed by atoms with Crippen LogP contribution in [0.3, 0.4) is 0 Å². The van der Waals surface area contributed by atoms with Crippen LogP contribution < -0.4 is 9.47 Å². The number of fused-ring (bicyclic) bond motifs is 1. The van der Waals surface area contributed by atoms with Crippen molar-refractivity contribution in [3.63, 3.8) is 0 Å². The van der Waals surface area contributed by atoms with Crippen molar-refractivity contribution in [3.8, 4) is 23.0 Å². The van der Waals surface area contributed by atoms with Crippen molar-refractivity contribution in [1.29, 1.82) is 0 Å². The van der Waals surface area contributed by atoms with E-state index in [-0.39, 0.29) is 17.9 Å². The molecule has 0 radical (unpaired) electrons. The number of pyridine rings is 1. The van der Waals surface area contributed by atoms with E-state index in [0.29, 0.717) is 28.4 Å². The Labute approximate surface area is 157 Å². The lowest BCUT2D eigenvalue weighted by Crippen LogP contribution is -2.18. The van der Waals surface area contributed by atoms with Crippen molar-refractivity contribution in [2.24, 2.45) is 0 Å². The zero-order valence-electron chi connectivity index (χ0n) is 14.3. The van der Waals surface area contributed by atoms with Crippen molar-refractivity contribution in [2.75, 3.05) is 0 Å². The van der Waals surface area contributed by atoms with Crippen LogP contribution >= 0.6 is 0 Å². The minimum Gasteiger partial charge on any atom is -0.488 e. The second kappa shape index (κ2) is 7.22. The van der Waals surface area contributed by atoms with Crippen LogP contribution in [0.4, 0.5) is 13.2 Å². The van der Waals surface area contributed by atoms with Crippen molar-refractivity contribution in [2.45, 2.75) is 13.0 Å². The maximum Gasteiger partial charge on any atom is 0.573 e. The van der Waals surface area contributed by atoms with Crippen molar-refractivity contribution >= 4 is 11.2 Å².